The summed E-state index contributed by atoms with van der Waals surface area (Å²) in [5.41, 5.74) is 0.521. The average molecular weight is 332 g/mol. The number of nitrogens with one attached hydrogen (secondary N) is 2. The van der Waals surface area contributed by atoms with Gasteiger partial charge in [0.05, 0.1) is 27.0 Å². The summed E-state index contributed by atoms with van der Waals surface area (Å²) >= 11 is 0. The molecule has 0 fully saturated rings. The molecule has 7 heteroatoms. The molecule has 7 nitrogen and oxygen atoms in total. The van der Waals surface area contributed by atoms with E-state index in [1.165, 1.54) is 7.11 Å². The molecule has 2 rings (SSSR count). The van der Waals surface area contributed by atoms with Crippen molar-refractivity contribution in [2.24, 2.45) is 0 Å². The topological polar surface area (TPSA) is 78.1 Å². The lowest BCUT2D eigenvalue weighted by molar-refractivity contribution is 0.231. The molecule has 0 spiro atoms. The second-order valence-corrected chi connectivity index (χ2v) is 4.64. The number of para-hydroxylation sites is 2. The monoisotopic (exact) mass is 332 g/mol. The third-order valence-corrected chi connectivity index (χ3v) is 3.19. The molecule has 0 saturated carbocycles. The standard InChI is InChI=1S/C17H20N2O5/c1-21-12-8-9-13(16(10-12)23-3)19-17(20)18-11-24-15-7-5-4-6-14(15)22-2/h4-10H,11H2,1-3H3,(H2,18,19,20). The Morgan fingerprint density at radius 1 is 0.917 bits per heavy atom. The first-order chi connectivity index (χ1) is 11.7. The first-order valence-corrected chi connectivity index (χ1v) is 7.20. The van der Waals surface area contributed by atoms with Gasteiger partial charge in [-0.2, -0.15) is 0 Å². The van der Waals surface area contributed by atoms with Gasteiger partial charge in [-0.15, -0.1) is 0 Å². The van der Waals surface area contributed by atoms with Crippen LogP contribution in [0, 0.1) is 0 Å². The maximum atomic E-state index is 12.0. The lowest BCUT2D eigenvalue weighted by Crippen LogP contribution is -2.32. The fourth-order valence-corrected chi connectivity index (χ4v) is 1.99. The Labute approximate surface area is 140 Å². The Kier molecular flexibility index (Phi) is 6.13. The predicted molar refractivity (Wildman–Crippen MR) is 90.2 cm³/mol. The maximum absolute atomic E-state index is 12.0. The first-order valence-electron chi connectivity index (χ1n) is 7.20. The van der Waals surface area contributed by atoms with Gasteiger partial charge in [-0.3, -0.25) is 0 Å². The van der Waals surface area contributed by atoms with E-state index in [2.05, 4.69) is 10.6 Å². The average Bonchev–Trinajstić information content (AvgIpc) is 2.62. The van der Waals surface area contributed by atoms with Gasteiger partial charge < -0.3 is 29.6 Å². The van der Waals surface area contributed by atoms with Gasteiger partial charge in [-0.25, -0.2) is 4.79 Å². The van der Waals surface area contributed by atoms with Crippen molar-refractivity contribution in [3.63, 3.8) is 0 Å². The molecule has 2 aromatic carbocycles. The van der Waals surface area contributed by atoms with E-state index >= 15 is 0 Å². The van der Waals surface area contributed by atoms with Gasteiger partial charge >= 0.3 is 6.03 Å². The summed E-state index contributed by atoms with van der Waals surface area (Å²) in [5.74, 6) is 2.27. The van der Waals surface area contributed by atoms with Crippen LogP contribution in [-0.4, -0.2) is 34.1 Å². The fraction of sp³-hybridized carbons (Fsp3) is 0.235. The zero-order chi connectivity index (χ0) is 17.4. The zero-order valence-electron chi connectivity index (χ0n) is 13.8. The molecule has 0 aliphatic heterocycles. The largest absolute Gasteiger partial charge is 0.497 e. The van der Waals surface area contributed by atoms with Gasteiger partial charge in [0.1, 0.15) is 11.5 Å². The lowest BCUT2D eigenvalue weighted by Gasteiger charge is -2.13. The molecule has 0 unspecified atom stereocenters. The van der Waals surface area contributed by atoms with Crippen LogP contribution in [0.5, 0.6) is 23.0 Å². The van der Waals surface area contributed by atoms with Gasteiger partial charge in [0.25, 0.3) is 0 Å². The number of hydrogen-bond acceptors (Lipinski definition) is 5. The first kappa shape index (κ1) is 17.3. The molecule has 0 aromatic heterocycles. The molecule has 2 amide bonds. The number of benzene rings is 2. The summed E-state index contributed by atoms with van der Waals surface area (Å²) in [7, 11) is 4.63. The molecule has 128 valence electrons. The highest BCUT2D eigenvalue weighted by Gasteiger charge is 2.09. The zero-order valence-corrected chi connectivity index (χ0v) is 13.8. The number of ether oxygens (including phenoxy) is 4. The van der Waals surface area contributed by atoms with Crippen molar-refractivity contribution in [2.45, 2.75) is 0 Å². The number of rotatable bonds is 7. The van der Waals surface area contributed by atoms with Crippen LogP contribution in [0.4, 0.5) is 10.5 Å². The van der Waals surface area contributed by atoms with Crippen LogP contribution in [0.1, 0.15) is 0 Å². The maximum Gasteiger partial charge on any atom is 0.321 e. The minimum Gasteiger partial charge on any atom is -0.497 e. The smallest absolute Gasteiger partial charge is 0.321 e. The molecule has 24 heavy (non-hydrogen) atoms. The minimum atomic E-state index is -0.423. The van der Waals surface area contributed by atoms with Crippen LogP contribution in [-0.2, 0) is 0 Å². The summed E-state index contributed by atoms with van der Waals surface area (Å²) < 4.78 is 21.0. The van der Waals surface area contributed by atoms with E-state index < -0.39 is 6.03 Å². The molecule has 0 aliphatic rings. The molecule has 0 aliphatic carbocycles. The van der Waals surface area contributed by atoms with Crippen LogP contribution >= 0.6 is 0 Å². The van der Waals surface area contributed by atoms with Gasteiger partial charge in [-0.1, -0.05) is 12.1 Å². The van der Waals surface area contributed by atoms with E-state index in [0.29, 0.717) is 28.7 Å². The Balaban J connectivity index is 1.89. The third kappa shape index (κ3) is 4.45. The normalized spacial score (nSPS) is 9.79. The van der Waals surface area contributed by atoms with Crippen molar-refractivity contribution in [3.8, 4) is 23.0 Å². The fourth-order valence-electron chi connectivity index (χ4n) is 1.99. The van der Waals surface area contributed by atoms with Gasteiger partial charge in [0, 0.05) is 6.07 Å². The Morgan fingerprint density at radius 2 is 1.62 bits per heavy atom. The minimum absolute atomic E-state index is 0.00925. The predicted octanol–water partition coefficient (Wildman–Crippen LogP) is 2.87. The number of carbonyl (C=O) groups excluding carboxylic acids is 1. The van der Waals surface area contributed by atoms with Crippen molar-refractivity contribution >= 4 is 11.7 Å². The second kappa shape index (κ2) is 8.52. The SMILES string of the molecule is COc1ccc(NC(=O)NCOc2ccccc2OC)c(OC)c1. The Hall–Kier alpha value is -3.09. The highest BCUT2D eigenvalue weighted by molar-refractivity contribution is 5.91. The van der Waals surface area contributed by atoms with Crippen LogP contribution in [0.25, 0.3) is 0 Å². The third-order valence-electron chi connectivity index (χ3n) is 3.19. The highest BCUT2D eigenvalue weighted by Crippen LogP contribution is 2.29. The summed E-state index contributed by atoms with van der Waals surface area (Å²) in [4.78, 5) is 12.0. The van der Waals surface area contributed by atoms with Crippen LogP contribution in [0.2, 0.25) is 0 Å². The van der Waals surface area contributed by atoms with Crippen molar-refractivity contribution in [2.75, 3.05) is 33.4 Å². The van der Waals surface area contributed by atoms with E-state index in [9.17, 15) is 4.79 Å². The number of amides is 2. The summed E-state index contributed by atoms with van der Waals surface area (Å²) in [5, 5.41) is 5.28. The molecule has 0 radical (unpaired) electrons. The number of hydrogen-bond donors (Lipinski definition) is 2. The summed E-state index contributed by atoms with van der Waals surface area (Å²) in [6, 6.07) is 11.9. The van der Waals surface area contributed by atoms with E-state index in [4.69, 9.17) is 18.9 Å². The molecule has 0 bridgehead atoms. The molecule has 0 atom stereocenters. The second-order valence-electron chi connectivity index (χ2n) is 4.64. The molecular weight excluding hydrogens is 312 g/mol. The van der Waals surface area contributed by atoms with Crippen LogP contribution in [0.3, 0.4) is 0 Å². The van der Waals surface area contributed by atoms with Crippen LogP contribution in [0.15, 0.2) is 42.5 Å². The molecule has 2 N–H and O–H groups in total. The number of anilines is 1. The van der Waals surface area contributed by atoms with Crippen molar-refractivity contribution in [1.82, 2.24) is 5.32 Å². The molecular formula is C17H20N2O5. The molecule has 0 heterocycles. The Bertz CT molecular complexity index is 690. The van der Waals surface area contributed by atoms with Gasteiger partial charge in [-0.05, 0) is 24.3 Å². The summed E-state index contributed by atoms with van der Waals surface area (Å²) in [6.07, 6.45) is 0. The van der Waals surface area contributed by atoms with Crippen molar-refractivity contribution < 1.29 is 23.7 Å². The number of urea groups is 1. The van der Waals surface area contributed by atoms with E-state index in [0.717, 1.165) is 0 Å². The summed E-state index contributed by atoms with van der Waals surface area (Å²) in [6.45, 7) is -0.00925. The quantitative estimate of drug-likeness (QED) is 0.762. The van der Waals surface area contributed by atoms with E-state index in [1.807, 2.05) is 12.1 Å². The lowest BCUT2D eigenvalue weighted by atomic mass is 10.2. The van der Waals surface area contributed by atoms with Gasteiger partial charge in [0.2, 0.25) is 0 Å². The number of carbonyl (C=O) groups is 1. The Morgan fingerprint density at radius 3 is 2.29 bits per heavy atom. The van der Waals surface area contributed by atoms with Crippen molar-refractivity contribution in [3.05, 3.63) is 42.5 Å². The molecule has 0 saturated heterocycles. The highest BCUT2D eigenvalue weighted by atomic mass is 16.5. The molecule has 2 aromatic rings. The van der Waals surface area contributed by atoms with Gasteiger partial charge in [0.15, 0.2) is 18.2 Å². The van der Waals surface area contributed by atoms with Crippen LogP contribution < -0.4 is 29.6 Å². The number of methoxy groups -OCH3 is 3. The van der Waals surface area contributed by atoms with E-state index in [1.54, 1.807) is 44.6 Å². The van der Waals surface area contributed by atoms with Crippen molar-refractivity contribution in [1.29, 1.82) is 0 Å². The van der Waals surface area contributed by atoms with E-state index in [-0.39, 0.29) is 6.73 Å².